The van der Waals surface area contributed by atoms with Gasteiger partial charge in [0.1, 0.15) is 4.88 Å². The minimum atomic E-state index is -0.836. The molecular weight excluding hydrogens is 251 g/mol. The van der Waals surface area contributed by atoms with Gasteiger partial charge >= 0.3 is 13.1 Å². The molecule has 0 N–H and O–H groups in total. The molecule has 1 aliphatic rings. The van der Waals surface area contributed by atoms with E-state index < -0.39 is 24.3 Å². The fourth-order valence-corrected chi connectivity index (χ4v) is 2.30. The zero-order chi connectivity index (χ0) is 15.3. The number of hydrogen-bond donors (Lipinski definition) is 0. The van der Waals surface area contributed by atoms with Crippen LogP contribution in [0, 0.1) is 0 Å². The van der Waals surface area contributed by atoms with E-state index in [9.17, 15) is 4.79 Å². The van der Waals surface area contributed by atoms with Gasteiger partial charge in [-0.2, -0.15) is 0 Å². The summed E-state index contributed by atoms with van der Waals surface area (Å²) in [6, 6.07) is -0.0473. The Bertz CT molecular complexity index is 540. The third-order valence-corrected chi connectivity index (χ3v) is 4.24. The van der Waals surface area contributed by atoms with Crippen LogP contribution in [0.2, 0.25) is 0 Å². The average Bonchev–Trinajstić information content (AvgIpc) is 2.73. The number of hydrogen-bond acceptors (Lipinski definition) is 5. The van der Waals surface area contributed by atoms with E-state index in [2.05, 4.69) is 0 Å². The van der Waals surface area contributed by atoms with Gasteiger partial charge in [0.15, 0.2) is 0 Å². The molecule has 2 heterocycles. The summed E-state index contributed by atoms with van der Waals surface area (Å²) in [4.78, 5) is 12.0. The van der Waals surface area contributed by atoms with Crippen molar-refractivity contribution in [3.8, 4) is 0 Å². The van der Waals surface area contributed by atoms with E-state index in [-0.39, 0.29) is 21.7 Å². The molecule has 1 aromatic rings. The molecule has 0 aliphatic carbocycles. The van der Waals surface area contributed by atoms with Crippen LogP contribution in [-0.2, 0) is 14.0 Å². The van der Waals surface area contributed by atoms with E-state index in [0.717, 1.165) is 11.3 Å². The molecule has 4 nitrogen and oxygen atoms in total. The molecule has 0 aromatic carbocycles. The van der Waals surface area contributed by atoms with Crippen molar-refractivity contribution in [1.82, 2.24) is 0 Å². The molecule has 1 aliphatic heterocycles. The van der Waals surface area contributed by atoms with E-state index in [1.54, 1.807) is 0 Å². The number of rotatable bonds is 2. The van der Waals surface area contributed by atoms with Gasteiger partial charge in [-0.05, 0) is 33.1 Å². The standard InChI is InChI=1S/C12H17BO4S/c1-11(2)12(3,4)17-13(16-11)8-6-7-18-9(8)10(14)15-5/h6-7H,1-5H3/i6D,7D. The average molecular weight is 270 g/mol. The first-order valence-electron chi connectivity index (χ1n) is 6.64. The van der Waals surface area contributed by atoms with Crippen molar-refractivity contribution in [3.05, 3.63) is 16.3 Å². The first-order valence-corrected chi connectivity index (χ1v) is 6.46. The lowest BCUT2D eigenvalue weighted by Crippen LogP contribution is -2.41. The Kier molecular flexibility index (Phi) is 2.67. The molecule has 18 heavy (non-hydrogen) atoms. The zero-order valence-electron chi connectivity index (χ0n) is 13.1. The first-order chi connectivity index (χ1) is 9.10. The molecule has 1 aromatic heterocycles. The van der Waals surface area contributed by atoms with Gasteiger partial charge in [0.05, 0.1) is 21.1 Å². The maximum atomic E-state index is 11.8. The van der Waals surface area contributed by atoms with Crippen LogP contribution < -0.4 is 5.46 Å². The van der Waals surface area contributed by atoms with Crippen LogP contribution in [0.1, 0.15) is 40.1 Å². The molecule has 0 unspecified atom stereocenters. The minimum Gasteiger partial charge on any atom is -0.465 e. The lowest BCUT2D eigenvalue weighted by Gasteiger charge is -2.32. The summed E-state index contributed by atoms with van der Waals surface area (Å²) in [6.07, 6.45) is 0. The Morgan fingerprint density at radius 2 is 1.94 bits per heavy atom. The van der Waals surface area contributed by atoms with Crippen molar-refractivity contribution in [1.29, 1.82) is 0 Å². The van der Waals surface area contributed by atoms with Crippen LogP contribution in [0.3, 0.4) is 0 Å². The van der Waals surface area contributed by atoms with Crippen LogP contribution in [0.15, 0.2) is 11.4 Å². The number of carbonyl (C=O) groups is 1. The first kappa shape index (κ1) is 11.0. The number of thiophene rings is 1. The summed E-state index contributed by atoms with van der Waals surface area (Å²) in [5, 5.41) is -0.00453. The highest BCUT2D eigenvalue weighted by molar-refractivity contribution is 7.13. The normalized spacial score (nSPS) is 22.6. The fraction of sp³-hybridized carbons (Fsp3) is 0.583. The molecule has 1 saturated heterocycles. The van der Waals surface area contributed by atoms with Gasteiger partial charge in [-0.15, -0.1) is 11.3 Å². The zero-order valence-corrected chi connectivity index (χ0v) is 11.9. The van der Waals surface area contributed by atoms with Crippen molar-refractivity contribution < 1.29 is 21.6 Å². The lowest BCUT2D eigenvalue weighted by atomic mass is 9.79. The summed E-state index contributed by atoms with van der Waals surface area (Å²) >= 11 is 0.905. The van der Waals surface area contributed by atoms with E-state index in [1.807, 2.05) is 27.7 Å². The lowest BCUT2D eigenvalue weighted by molar-refractivity contribution is 0.00578. The maximum absolute atomic E-state index is 11.8. The third-order valence-electron chi connectivity index (χ3n) is 3.44. The molecule has 0 radical (unpaired) electrons. The molecular formula is C12H17BO4S. The topological polar surface area (TPSA) is 44.8 Å². The molecule has 2 rings (SSSR count). The second kappa shape index (κ2) is 4.37. The monoisotopic (exact) mass is 270 g/mol. The predicted octanol–water partition coefficient (Wildman–Crippen LogP) is 1.83. The van der Waals surface area contributed by atoms with Crippen LogP contribution in [-0.4, -0.2) is 31.4 Å². The van der Waals surface area contributed by atoms with Crippen molar-refractivity contribution in [2.24, 2.45) is 0 Å². The van der Waals surface area contributed by atoms with Gasteiger partial charge in [-0.3, -0.25) is 0 Å². The molecule has 0 spiro atoms. The molecule has 0 amide bonds. The summed E-state index contributed by atoms with van der Waals surface area (Å²) in [5.74, 6) is -0.577. The molecule has 0 bridgehead atoms. The summed E-state index contributed by atoms with van der Waals surface area (Å²) in [6.45, 7) is 7.57. The smallest absolute Gasteiger partial charge is 0.465 e. The summed E-state index contributed by atoms with van der Waals surface area (Å²) < 4.78 is 32.1. The van der Waals surface area contributed by atoms with Crippen molar-refractivity contribution in [2.45, 2.75) is 38.9 Å². The quantitative estimate of drug-likeness (QED) is 0.607. The molecule has 0 saturated carbocycles. The highest BCUT2D eigenvalue weighted by Crippen LogP contribution is 2.37. The van der Waals surface area contributed by atoms with E-state index in [0.29, 0.717) is 0 Å². The highest BCUT2D eigenvalue weighted by atomic mass is 32.1. The Hall–Kier alpha value is -0.845. The molecule has 0 atom stereocenters. The summed E-state index contributed by atoms with van der Waals surface area (Å²) in [5.41, 5.74) is -0.853. The predicted molar refractivity (Wildman–Crippen MR) is 71.4 cm³/mol. The Morgan fingerprint density at radius 3 is 2.44 bits per heavy atom. The maximum Gasteiger partial charge on any atom is 0.496 e. The number of methoxy groups -OCH3 is 1. The second-order valence-corrected chi connectivity index (χ2v) is 5.97. The SMILES string of the molecule is [2H]c1sc(C(=O)OC)c(B2OC(C)(C)C(C)(C)O2)c1[2H]. The third kappa shape index (κ3) is 2.09. The van der Waals surface area contributed by atoms with Gasteiger partial charge in [-0.25, -0.2) is 4.79 Å². The van der Waals surface area contributed by atoms with Gasteiger partial charge in [0.2, 0.25) is 0 Å². The Balaban J connectivity index is 2.47. The molecule has 1 fully saturated rings. The molecule has 6 heteroatoms. The van der Waals surface area contributed by atoms with E-state index in [1.165, 1.54) is 7.11 Å². The fourth-order valence-electron chi connectivity index (χ4n) is 1.61. The van der Waals surface area contributed by atoms with Crippen molar-refractivity contribution >= 4 is 29.9 Å². The van der Waals surface area contributed by atoms with Crippen LogP contribution in [0.4, 0.5) is 0 Å². The number of carbonyl (C=O) groups excluding carboxylic acids is 1. The van der Waals surface area contributed by atoms with Gasteiger partial charge < -0.3 is 14.0 Å². The van der Waals surface area contributed by atoms with Crippen molar-refractivity contribution in [3.63, 3.8) is 0 Å². The van der Waals surface area contributed by atoms with Gasteiger partial charge in [-0.1, -0.05) is 6.04 Å². The van der Waals surface area contributed by atoms with Gasteiger partial charge in [0.25, 0.3) is 0 Å². The number of ether oxygens (including phenoxy) is 1. The Morgan fingerprint density at radius 1 is 1.39 bits per heavy atom. The van der Waals surface area contributed by atoms with E-state index in [4.69, 9.17) is 16.8 Å². The number of esters is 1. The summed E-state index contributed by atoms with van der Waals surface area (Å²) in [7, 11) is 0.431. The second-order valence-electron chi connectivity index (χ2n) is 5.15. The Labute approximate surface area is 114 Å². The highest BCUT2D eigenvalue weighted by Gasteiger charge is 2.52. The largest absolute Gasteiger partial charge is 0.496 e. The van der Waals surface area contributed by atoms with Crippen molar-refractivity contribution in [2.75, 3.05) is 7.11 Å². The van der Waals surface area contributed by atoms with E-state index >= 15 is 0 Å². The van der Waals surface area contributed by atoms with Crippen LogP contribution in [0.5, 0.6) is 0 Å². The molecule has 98 valence electrons. The minimum absolute atomic E-state index is 0.00453. The van der Waals surface area contributed by atoms with Crippen LogP contribution in [0.25, 0.3) is 0 Å². The van der Waals surface area contributed by atoms with Gasteiger partial charge in [0, 0.05) is 5.46 Å². The van der Waals surface area contributed by atoms with Crippen LogP contribution >= 0.6 is 11.3 Å².